The van der Waals surface area contributed by atoms with Gasteiger partial charge in [-0.15, -0.1) is 11.8 Å². The third kappa shape index (κ3) is 3.92. The lowest BCUT2D eigenvalue weighted by Crippen LogP contribution is -2.41. The number of benzene rings is 1. The molecule has 0 saturated carbocycles. The molecule has 1 saturated heterocycles. The number of likely N-dealkylation sites (tertiary alicyclic amines) is 1. The minimum Gasteiger partial charge on any atom is -0.299 e. The van der Waals surface area contributed by atoms with Gasteiger partial charge in [-0.2, -0.15) is 18.4 Å². The first-order valence-corrected chi connectivity index (χ1v) is 7.96. The normalized spacial score (nSPS) is 19.2. The Labute approximate surface area is 126 Å². The van der Waals surface area contributed by atoms with Crippen molar-refractivity contribution in [2.24, 2.45) is 0 Å². The van der Waals surface area contributed by atoms with Gasteiger partial charge in [0.25, 0.3) is 0 Å². The first-order chi connectivity index (χ1) is 9.88. The second-order valence-electron chi connectivity index (χ2n) is 5.28. The van der Waals surface area contributed by atoms with E-state index in [-0.39, 0.29) is 4.75 Å². The fourth-order valence-corrected chi connectivity index (χ4v) is 3.17. The van der Waals surface area contributed by atoms with Crippen LogP contribution in [0, 0.1) is 11.3 Å². The van der Waals surface area contributed by atoms with Crippen molar-refractivity contribution in [3.05, 3.63) is 35.4 Å². The monoisotopic (exact) mass is 314 g/mol. The topological polar surface area (TPSA) is 27.0 Å². The number of hydrogen-bond donors (Lipinski definition) is 0. The number of alkyl halides is 3. The zero-order valence-electron chi connectivity index (χ0n) is 11.8. The zero-order chi connectivity index (χ0) is 15.5. The van der Waals surface area contributed by atoms with Crippen LogP contribution >= 0.6 is 11.8 Å². The van der Waals surface area contributed by atoms with E-state index in [9.17, 15) is 18.4 Å². The number of thioether (sulfide) groups is 1. The van der Waals surface area contributed by atoms with Crippen molar-refractivity contribution in [3.8, 4) is 6.07 Å². The lowest BCUT2D eigenvalue weighted by molar-refractivity contribution is -0.137. The second-order valence-corrected chi connectivity index (χ2v) is 6.47. The van der Waals surface area contributed by atoms with E-state index in [0.29, 0.717) is 6.54 Å². The van der Waals surface area contributed by atoms with E-state index >= 15 is 0 Å². The van der Waals surface area contributed by atoms with E-state index in [2.05, 4.69) is 11.0 Å². The van der Waals surface area contributed by atoms with Gasteiger partial charge >= 0.3 is 6.18 Å². The molecule has 2 rings (SSSR count). The van der Waals surface area contributed by atoms with Gasteiger partial charge in [0.1, 0.15) is 4.75 Å². The maximum atomic E-state index is 12.5. The van der Waals surface area contributed by atoms with Crippen molar-refractivity contribution in [1.82, 2.24) is 4.90 Å². The van der Waals surface area contributed by atoms with E-state index in [1.54, 1.807) is 11.8 Å². The van der Waals surface area contributed by atoms with Crippen molar-refractivity contribution in [2.45, 2.75) is 30.3 Å². The number of halogens is 3. The van der Waals surface area contributed by atoms with Crippen molar-refractivity contribution < 1.29 is 13.2 Å². The fourth-order valence-electron chi connectivity index (χ4n) is 2.49. The summed E-state index contributed by atoms with van der Waals surface area (Å²) in [6.45, 7) is 2.23. The third-order valence-corrected chi connectivity index (χ3v) is 5.23. The summed E-state index contributed by atoms with van der Waals surface area (Å²) in [7, 11) is 0. The SMILES string of the molecule is CSC1(C#N)CCN(Cc2ccc(C(F)(F)F)cc2)CC1. The van der Waals surface area contributed by atoms with E-state index in [0.717, 1.165) is 43.6 Å². The lowest BCUT2D eigenvalue weighted by Gasteiger charge is -2.36. The molecule has 1 heterocycles. The van der Waals surface area contributed by atoms with Crippen LogP contribution in [0.15, 0.2) is 24.3 Å². The Kier molecular flexibility index (Phi) is 4.84. The van der Waals surface area contributed by atoms with Gasteiger partial charge in [0.05, 0.1) is 11.6 Å². The van der Waals surface area contributed by atoms with Gasteiger partial charge in [-0.1, -0.05) is 12.1 Å². The molecule has 1 aliphatic rings. The molecule has 0 unspecified atom stereocenters. The minimum atomic E-state index is -4.28. The van der Waals surface area contributed by atoms with Crippen molar-refractivity contribution in [1.29, 1.82) is 5.26 Å². The molecule has 0 N–H and O–H groups in total. The number of nitrogens with zero attached hydrogens (tertiary/aromatic N) is 2. The number of hydrogen-bond acceptors (Lipinski definition) is 3. The molecule has 6 heteroatoms. The van der Waals surface area contributed by atoms with Crippen LogP contribution in [0.2, 0.25) is 0 Å². The molecule has 114 valence electrons. The molecular weight excluding hydrogens is 297 g/mol. The average molecular weight is 314 g/mol. The number of nitriles is 1. The molecule has 1 aromatic rings. The Morgan fingerprint density at radius 3 is 2.24 bits per heavy atom. The number of piperidine rings is 1. The van der Waals surface area contributed by atoms with Crippen LogP contribution in [0.5, 0.6) is 0 Å². The second kappa shape index (κ2) is 6.29. The van der Waals surface area contributed by atoms with Gasteiger partial charge in [0.15, 0.2) is 0 Å². The zero-order valence-corrected chi connectivity index (χ0v) is 12.6. The first-order valence-electron chi connectivity index (χ1n) is 6.73. The van der Waals surface area contributed by atoms with Gasteiger partial charge in [-0.25, -0.2) is 0 Å². The molecule has 0 atom stereocenters. The van der Waals surface area contributed by atoms with Crippen LogP contribution in [0.25, 0.3) is 0 Å². The lowest BCUT2D eigenvalue weighted by atomic mass is 9.97. The highest BCUT2D eigenvalue weighted by Gasteiger charge is 2.34. The molecule has 1 aliphatic heterocycles. The van der Waals surface area contributed by atoms with Crippen LogP contribution < -0.4 is 0 Å². The molecule has 1 aromatic carbocycles. The Balaban J connectivity index is 1.94. The van der Waals surface area contributed by atoms with Crippen LogP contribution in [-0.2, 0) is 12.7 Å². The Bertz CT molecular complexity index is 511. The first kappa shape index (κ1) is 16.2. The molecule has 0 spiro atoms. The minimum absolute atomic E-state index is 0.295. The summed E-state index contributed by atoms with van der Waals surface area (Å²) < 4.78 is 37.2. The summed E-state index contributed by atoms with van der Waals surface area (Å²) in [4.78, 5) is 2.19. The standard InChI is InChI=1S/C15H17F3N2S/c1-21-14(11-19)6-8-20(9-7-14)10-12-2-4-13(5-3-12)15(16,17)18/h2-5H,6-10H2,1H3. The Morgan fingerprint density at radius 2 is 1.81 bits per heavy atom. The van der Waals surface area contributed by atoms with Gasteiger partial charge in [-0.05, 0) is 36.8 Å². The molecule has 0 bridgehead atoms. The predicted octanol–water partition coefficient (Wildman–Crippen LogP) is 3.93. The van der Waals surface area contributed by atoms with Gasteiger partial charge < -0.3 is 0 Å². The van der Waals surface area contributed by atoms with Crippen molar-refractivity contribution >= 4 is 11.8 Å². The Morgan fingerprint density at radius 1 is 1.24 bits per heavy atom. The van der Waals surface area contributed by atoms with Gasteiger partial charge in [0.2, 0.25) is 0 Å². The number of rotatable bonds is 3. The van der Waals surface area contributed by atoms with E-state index in [1.807, 2.05) is 6.26 Å². The highest BCUT2D eigenvalue weighted by molar-refractivity contribution is 8.00. The maximum Gasteiger partial charge on any atom is 0.416 e. The molecule has 0 amide bonds. The third-order valence-electron chi connectivity index (χ3n) is 3.95. The van der Waals surface area contributed by atoms with Gasteiger partial charge in [-0.3, -0.25) is 4.90 Å². The molecule has 21 heavy (non-hydrogen) atoms. The molecule has 0 aliphatic carbocycles. The summed E-state index contributed by atoms with van der Waals surface area (Å²) in [5, 5.41) is 9.23. The summed E-state index contributed by atoms with van der Waals surface area (Å²) in [6.07, 6.45) is -0.736. The van der Waals surface area contributed by atoms with E-state index in [4.69, 9.17) is 0 Å². The van der Waals surface area contributed by atoms with Crippen LogP contribution in [-0.4, -0.2) is 29.0 Å². The summed E-state index contributed by atoms with van der Waals surface area (Å²) in [6, 6.07) is 7.70. The molecule has 2 nitrogen and oxygen atoms in total. The van der Waals surface area contributed by atoms with Crippen molar-refractivity contribution in [2.75, 3.05) is 19.3 Å². The molecule has 0 radical (unpaired) electrons. The van der Waals surface area contributed by atoms with Crippen LogP contribution in [0.4, 0.5) is 13.2 Å². The van der Waals surface area contributed by atoms with Gasteiger partial charge in [0, 0.05) is 19.6 Å². The largest absolute Gasteiger partial charge is 0.416 e. The maximum absolute atomic E-state index is 12.5. The van der Waals surface area contributed by atoms with Crippen LogP contribution in [0.3, 0.4) is 0 Å². The molecular formula is C15H17F3N2S. The summed E-state index contributed by atoms with van der Waals surface area (Å²) in [5.74, 6) is 0. The fraction of sp³-hybridized carbons (Fsp3) is 0.533. The highest BCUT2D eigenvalue weighted by atomic mass is 32.2. The van der Waals surface area contributed by atoms with Crippen LogP contribution in [0.1, 0.15) is 24.0 Å². The quantitative estimate of drug-likeness (QED) is 0.846. The van der Waals surface area contributed by atoms with E-state index in [1.165, 1.54) is 12.1 Å². The summed E-state index contributed by atoms with van der Waals surface area (Å²) in [5.41, 5.74) is 0.257. The predicted molar refractivity (Wildman–Crippen MR) is 77.8 cm³/mol. The molecule has 0 aromatic heterocycles. The molecule has 1 fully saturated rings. The highest BCUT2D eigenvalue weighted by Crippen LogP contribution is 2.34. The summed E-state index contributed by atoms with van der Waals surface area (Å²) >= 11 is 1.59. The Hall–Kier alpha value is -1.19. The smallest absolute Gasteiger partial charge is 0.299 e. The van der Waals surface area contributed by atoms with Crippen molar-refractivity contribution in [3.63, 3.8) is 0 Å². The average Bonchev–Trinajstić information content (AvgIpc) is 2.48. The van der Waals surface area contributed by atoms with E-state index < -0.39 is 11.7 Å².